The standard InChI is InChI=1S/C28H30ClN5O3S2/c1-5-33(6-2)21-14-10-19(11-15-21)25-31-32-28(34(25)7-3)39-17-23(35)30-26-24(27(36)37-4)22(16-38-26)18-8-12-20(29)13-9-18/h8-16H,5-7,17H2,1-4H3,(H,30,35). The van der Waals surface area contributed by atoms with E-state index in [4.69, 9.17) is 16.3 Å². The van der Waals surface area contributed by atoms with Crippen LogP contribution in [0.3, 0.4) is 0 Å². The largest absolute Gasteiger partial charge is 0.465 e. The number of methoxy groups -OCH3 is 1. The molecule has 0 aliphatic rings. The van der Waals surface area contributed by atoms with Crippen LogP contribution in [-0.4, -0.2) is 52.6 Å². The summed E-state index contributed by atoms with van der Waals surface area (Å²) < 4.78 is 7.00. The molecule has 4 aromatic rings. The summed E-state index contributed by atoms with van der Waals surface area (Å²) in [6.45, 7) is 8.84. The number of halogens is 1. The molecule has 0 fully saturated rings. The van der Waals surface area contributed by atoms with Crippen molar-refractivity contribution in [1.82, 2.24) is 14.8 Å². The van der Waals surface area contributed by atoms with Crippen molar-refractivity contribution in [3.05, 3.63) is 64.5 Å². The van der Waals surface area contributed by atoms with E-state index in [1.807, 2.05) is 41.1 Å². The molecule has 0 aliphatic heterocycles. The van der Waals surface area contributed by atoms with Crippen LogP contribution in [0.4, 0.5) is 10.7 Å². The first-order valence-corrected chi connectivity index (χ1v) is 14.8. The number of rotatable bonds is 11. The molecule has 0 saturated carbocycles. The van der Waals surface area contributed by atoms with E-state index in [1.54, 1.807) is 12.1 Å². The van der Waals surface area contributed by atoms with Crippen LogP contribution >= 0.6 is 34.7 Å². The molecular weight excluding hydrogens is 554 g/mol. The fourth-order valence-corrected chi connectivity index (χ4v) is 6.10. The lowest BCUT2D eigenvalue weighted by molar-refractivity contribution is -0.113. The van der Waals surface area contributed by atoms with E-state index >= 15 is 0 Å². The number of thioether (sulfide) groups is 1. The van der Waals surface area contributed by atoms with Gasteiger partial charge in [-0.2, -0.15) is 0 Å². The van der Waals surface area contributed by atoms with Gasteiger partial charge in [0.15, 0.2) is 11.0 Å². The smallest absolute Gasteiger partial charge is 0.341 e. The summed E-state index contributed by atoms with van der Waals surface area (Å²) in [5.41, 5.74) is 3.92. The molecule has 0 saturated heterocycles. The predicted octanol–water partition coefficient (Wildman–Crippen LogP) is 6.71. The number of anilines is 2. The number of carbonyl (C=O) groups excluding carboxylic acids is 2. The summed E-state index contributed by atoms with van der Waals surface area (Å²) in [4.78, 5) is 27.8. The van der Waals surface area contributed by atoms with Crippen LogP contribution < -0.4 is 10.2 Å². The second kappa shape index (κ2) is 13.1. The molecule has 39 heavy (non-hydrogen) atoms. The van der Waals surface area contributed by atoms with E-state index in [0.29, 0.717) is 32.9 Å². The molecule has 0 radical (unpaired) electrons. The number of amides is 1. The van der Waals surface area contributed by atoms with E-state index in [-0.39, 0.29) is 11.7 Å². The van der Waals surface area contributed by atoms with Crippen molar-refractivity contribution in [2.75, 3.05) is 36.2 Å². The molecule has 0 atom stereocenters. The number of ether oxygens (including phenoxy) is 1. The topological polar surface area (TPSA) is 89.3 Å². The van der Waals surface area contributed by atoms with E-state index in [1.165, 1.54) is 30.2 Å². The SMILES string of the molecule is CCN(CC)c1ccc(-c2nnc(SCC(=O)Nc3scc(-c4ccc(Cl)cc4)c3C(=O)OC)n2CC)cc1. The quantitative estimate of drug-likeness (QED) is 0.155. The molecule has 2 aromatic carbocycles. The summed E-state index contributed by atoms with van der Waals surface area (Å²) in [6.07, 6.45) is 0. The Morgan fingerprint density at radius 2 is 1.69 bits per heavy atom. The van der Waals surface area contributed by atoms with Crippen LogP contribution in [0.5, 0.6) is 0 Å². The summed E-state index contributed by atoms with van der Waals surface area (Å²) >= 11 is 8.58. The van der Waals surface area contributed by atoms with Crippen LogP contribution in [0.15, 0.2) is 59.1 Å². The Kier molecular flexibility index (Phi) is 9.66. The van der Waals surface area contributed by atoms with Gasteiger partial charge in [-0.3, -0.25) is 4.79 Å². The molecule has 11 heteroatoms. The number of carbonyl (C=O) groups is 2. The van der Waals surface area contributed by atoms with Gasteiger partial charge in [0, 0.05) is 46.9 Å². The molecule has 1 N–H and O–H groups in total. The number of hydrogen-bond donors (Lipinski definition) is 1. The van der Waals surface area contributed by atoms with Gasteiger partial charge in [0.1, 0.15) is 10.6 Å². The van der Waals surface area contributed by atoms with Crippen LogP contribution in [0.2, 0.25) is 5.02 Å². The van der Waals surface area contributed by atoms with E-state index in [9.17, 15) is 9.59 Å². The van der Waals surface area contributed by atoms with Crippen molar-refractivity contribution >= 4 is 57.3 Å². The number of nitrogens with zero attached hydrogens (tertiary/aromatic N) is 4. The van der Waals surface area contributed by atoms with Gasteiger partial charge in [0.05, 0.1) is 12.9 Å². The highest BCUT2D eigenvalue weighted by Gasteiger charge is 2.23. The number of nitrogens with one attached hydrogen (secondary N) is 1. The Bertz CT molecular complexity index is 1430. The minimum Gasteiger partial charge on any atom is -0.465 e. The average Bonchev–Trinajstić information content (AvgIpc) is 3.57. The highest BCUT2D eigenvalue weighted by atomic mass is 35.5. The second-order valence-corrected chi connectivity index (χ2v) is 10.7. The Labute approximate surface area is 241 Å². The van der Waals surface area contributed by atoms with Crippen molar-refractivity contribution in [2.45, 2.75) is 32.5 Å². The number of thiophene rings is 1. The molecular formula is C28H30ClN5O3S2. The maximum absolute atomic E-state index is 12.9. The summed E-state index contributed by atoms with van der Waals surface area (Å²) in [6, 6.07) is 15.4. The third kappa shape index (κ3) is 6.46. The zero-order chi connectivity index (χ0) is 27.9. The average molecular weight is 584 g/mol. The fraction of sp³-hybridized carbons (Fsp3) is 0.286. The van der Waals surface area contributed by atoms with E-state index in [2.05, 4.69) is 46.4 Å². The molecule has 8 nitrogen and oxygen atoms in total. The molecule has 0 unspecified atom stereocenters. The Morgan fingerprint density at radius 1 is 1.03 bits per heavy atom. The number of aromatic nitrogens is 3. The number of benzene rings is 2. The third-order valence-corrected chi connectivity index (χ3v) is 8.32. The predicted molar refractivity (Wildman–Crippen MR) is 160 cm³/mol. The Morgan fingerprint density at radius 3 is 2.31 bits per heavy atom. The first-order chi connectivity index (χ1) is 18.9. The van der Waals surface area contributed by atoms with Crippen molar-refractivity contribution in [2.24, 2.45) is 0 Å². The minimum absolute atomic E-state index is 0.105. The summed E-state index contributed by atoms with van der Waals surface area (Å²) in [5, 5.41) is 15.1. The molecule has 2 aromatic heterocycles. The first-order valence-electron chi connectivity index (χ1n) is 12.6. The molecule has 0 bridgehead atoms. The lowest BCUT2D eigenvalue weighted by Crippen LogP contribution is -2.21. The van der Waals surface area contributed by atoms with Crippen molar-refractivity contribution in [1.29, 1.82) is 0 Å². The zero-order valence-electron chi connectivity index (χ0n) is 22.2. The molecule has 0 aliphatic carbocycles. The van der Waals surface area contributed by atoms with Gasteiger partial charge in [0.25, 0.3) is 0 Å². The van der Waals surface area contributed by atoms with E-state index in [0.717, 1.165) is 35.7 Å². The zero-order valence-corrected chi connectivity index (χ0v) is 24.6. The number of hydrogen-bond acceptors (Lipinski definition) is 8. The maximum Gasteiger partial charge on any atom is 0.341 e. The molecule has 4 rings (SSSR count). The van der Waals surface area contributed by atoms with Gasteiger partial charge in [-0.05, 0) is 62.7 Å². The Balaban J connectivity index is 1.48. The fourth-order valence-electron chi connectivity index (χ4n) is 4.19. The van der Waals surface area contributed by atoms with Gasteiger partial charge >= 0.3 is 5.97 Å². The van der Waals surface area contributed by atoms with Gasteiger partial charge in [-0.15, -0.1) is 21.5 Å². The van der Waals surface area contributed by atoms with Gasteiger partial charge in [-0.25, -0.2) is 4.79 Å². The molecule has 2 heterocycles. The third-order valence-electron chi connectivity index (χ3n) is 6.21. The second-order valence-electron chi connectivity index (χ2n) is 8.46. The minimum atomic E-state index is -0.522. The number of esters is 1. The highest BCUT2D eigenvalue weighted by Crippen LogP contribution is 2.37. The lowest BCUT2D eigenvalue weighted by Gasteiger charge is -2.21. The first kappa shape index (κ1) is 28.7. The van der Waals surface area contributed by atoms with Crippen molar-refractivity contribution in [3.63, 3.8) is 0 Å². The molecule has 0 spiro atoms. The molecule has 204 valence electrons. The maximum atomic E-state index is 12.9. The lowest BCUT2D eigenvalue weighted by atomic mass is 10.0. The summed E-state index contributed by atoms with van der Waals surface area (Å²) in [7, 11) is 1.32. The van der Waals surface area contributed by atoms with E-state index < -0.39 is 5.97 Å². The van der Waals surface area contributed by atoms with Crippen LogP contribution in [-0.2, 0) is 16.1 Å². The highest BCUT2D eigenvalue weighted by molar-refractivity contribution is 7.99. The van der Waals surface area contributed by atoms with Crippen LogP contribution in [0.1, 0.15) is 31.1 Å². The van der Waals surface area contributed by atoms with Gasteiger partial charge in [-0.1, -0.05) is 35.5 Å². The van der Waals surface area contributed by atoms with Gasteiger partial charge < -0.3 is 19.5 Å². The van der Waals surface area contributed by atoms with Crippen LogP contribution in [0.25, 0.3) is 22.5 Å². The van der Waals surface area contributed by atoms with Crippen LogP contribution in [0, 0.1) is 0 Å². The molecule has 1 amide bonds. The van der Waals surface area contributed by atoms with Crippen molar-refractivity contribution < 1.29 is 14.3 Å². The Hall–Kier alpha value is -3.34. The summed E-state index contributed by atoms with van der Waals surface area (Å²) in [5.74, 6) is 0.0793. The normalized spacial score (nSPS) is 10.9. The monoisotopic (exact) mass is 583 g/mol. The van der Waals surface area contributed by atoms with Gasteiger partial charge in [0.2, 0.25) is 5.91 Å². The van der Waals surface area contributed by atoms with Crippen molar-refractivity contribution in [3.8, 4) is 22.5 Å².